The molecule has 0 atom stereocenters. The molecule has 3 rings (SSSR count). The van der Waals surface area contributed by atoms with Gasteiger partial charge in [-0.2, -0.15) is 0 Å². The Morgan fingerprint density at radius 1 is 0.931 bits per heavy atom. The van der Waals surface area contributed by atoms with Gasteiger partial charge in [0.05, 0.1) is 0 Å². The second kappa shape index (κ2) is 8.86. The second-order valence-corrected chi connectivity index (χ2v) is 9.59. The molecule has 0 radical (unpaired) electrons. The van der Waals surface area contributed by atoms with E-state index >= 15 is 0 Å². The Bertz CT molecular complexity index is 1090. The molecule has 29 heavy (non-hydrogen) atoms. The lowest BCUT2D eigenvalue weighted by Crippen LogP contribution is -2.18. The molecule has 1 heterocycles. The van der Waals surface area contributed by atoms with Gasteiger partial charge < -0.3 is 9.73 Å². The normalized spacial score (nSPS) is 11.6. The predicted molar refractivity (Wildman–Crippen MR) is 114 cm³/mol. The highest BCUT2D eigenvalue weighted by molar-refractivity contribution is 7.99. The van der Waals surface area contributed by atoms with Crippen LogP contribution < -0.4 is 10.0 Å². The molecule has 0 saturated heterocycles. The number of hydrogen-bond donors (Lipinski definition) is 2. The molecule has 0 spiro atoms. The zero-order valence-corrected chi connectivity index (χ0v) is 17.9. The van der Waals surface area contributed by atoms with E-state index in [-0.39, 0.29) is 10.9 Å². The van der Waals surface area contributed by atoms with Crippen molar-refractivity contribution in [3.8, 4) is 0 Å². The van der Waals surface area contributed by atoms with Crippen LogP contribution >= 0.6 is 11.8 Å². The number of carbonyl (C=O) groups is 1. The summed E-state index contributed by atoms with van der Waals surface area (Å²) in [6.07, 6.45) is 0. The largest absolute Gasteiger partial charge is 0.438 e. The van der Waals surface area contributed by atoms with Gasteiger partial charge in [0.15, 0.2) is 5.76 Å². The van der Waals surface area contributed by atoms with Crippen molar-refractivity contribution >= 4 is 33.4 Å². The Morgan fingerprint density at radius 2 is 1.52 bits per heavy atom. The first kappa shape index (κ1) is 21.2. The molecule has 1 aromatic heterocycles. The number of amides is 1. The second-order valence-electron chi connectivity index (χ2n) is 6.63. The van der Waals surface area contributed by atoms with Gasteiger partial charge in [-0.1, -0.05) is 37.7 Å². The average Bonchev–Trinajstić information content (AvgIpc) is 3.21. The van der Waals surface area contributed by atoms with E-state index < -0.39 is 15.9 Å². The van der Waals surface area contributed by atoms with E-state index in [2.05, 4.69) is 48.2 Å². The van der Waals surface area contributed by atoms with Gasteiger partial charge in [0.2, 0.25) is 5.09 Å². The Labute approximate surface area is 174 Å². The van der Waals surface area contributed by atoms with Gasteiger partial charge in [0.25, 0.3) is 15.9 Å². The minimum atomic E-state index is -3.73. The molecule has 0 aliphatic heterocycles. The zero-order valence-electron chi connectivity index (χ0n) is 16.3. The van der Waals surface area contributed by atoms with Crippen molar-refractivity contribution in [3.05, 3.63) is 72.0 Å². The molecule has 0 fully saturated rings. The molecule has 2 aromatic carbocycles. The molecular weight excluding hydrogens is 408 g/mol. The first-order valence-corrected chi connectivity index (χ1v) is 11.3. The highest BCUT2D eigenvalue weighted by Gasteiger charge is 2.19. The highest BCUT2D eigenvalue weighted by atomic mass is 32.2. The van der Waals surface area contributed by atoms with Crippen molar-refractivity contribution in [1.29, 1.82) is 0 Å². The van der Waals surface area contributed by atoms with Gasteiger partial charge in [0.1, 0.15) is 0 Å². The number of hydrogen-bond acceptors (Lipinski definition) is 5. The molecule has 8 heteroatoms. The van der Waals surface area contributed by atoms with Crippen molar-refractivity contribution in [2.24, 2.45) is 0 Å². The molecule has 0 bridgehead atoms. The first-order valence-electron chi connectivity index (χ1n) is 9.01. The number of sulfonamides is 1. The molecule has 0 saturated carbocycles. The van der Waals surface area contributed by atoms with Crippen LogP contribution in [-0.2, 0) is 10.0 Å². The van der Waals surface area contributed by atoms with Crippen molar-refractivity contribution in [1.82, 2.24) is 4.72 Å². The van der Waals surface area contributed by atoms with Crippen molar-refractivity contribution < 1.29 is 17.6 Å². The van der Waals surface area contributed by atoms with E-state index in [4.69, 9.17) is 4.42 Å². The molecule has 3 aromatic rings. The Kier molecular flexibility index (Phi) is 6.46. The summed E-state index contributed by atoms with van der Waals surface area (Å²) in [6, 6.07) is 18.4. The van der Waals surface area contributed by atoms with Gasteiger partial charge >= 0.3 is 0 Å². The van der Waals surface area contributed by atoms with Crippen LogP contribution in [-0.4, -0.2) is 21.4 Å². The van der Waals surface area contributed by atoms with Gasteiger partial charge in [0, 0.05) is 15.5 Å². The molecule has 0 aliphatic rings. The number of nitrogens with one attached hydrogen (secondary N) is 2. The van der Waals surface area contributed by atoms with Gasteiger partial charge in [-0.3, -0.25) is 4.79 Å². The van der Waals surface area contributed by atoms with E-state index in [9.17, 15) is 13.2 Å². The molecule has 2 N–H and O–H groups in total. The summed E-state index contributed by atoms with van der Waals surface area (Å²) in [4.78, 5) is 14.5. The number of benzene rings is 2. The Morgan fingerprint density at radius 3 is 2.07 bits per heavy atom. The average molecular weight is 431 g/mol. The fourth-order valence-electron chi connectivity index (χ4n) is 2.54. The number of carbonyl (C=O) groups excluding carboxylic acids is 1. The summed E-state index contributed by atoms with van der Waals surface area (Å²) in [5.74, 6) is -0.102. The monoisotopic (exact) mass is 430 g/mol. The maximum absolute atomic E-state index is 12.3. The van der Waals surface area contributed by atoms with Crippen LogP contribution in [0.4, 0.5) is 5.69 Å². The Balaban J connectivity index is 1.64. The molecule has 0 unspecified atom stereocenters. The van der Waals surface area contributed by atoms with E-state index in [0.717, 1.165) is 9.79 Å². The fraction of sp³-hybridized carbons (Fsp3) is 0.190. The SMILES string of the molecule is CNS(=O)(=O)c1ccc(C(=O)Nc2ccc(Sc3ccc(C(C)C)cc3)cc2)o1. The van der Waals surface area contributed by atoms with Crippen LogP contribution in [0.2, 0.25) is 0 Å². The number of anilines is 1. The van der Waals surface area contributed by atoms with Crippen LogP contribution in [0, 0.1) is 0 Å². The third-order valence-electron chi connectivity index (χ3n) is 4.23. The van der Waals surface area contributed by atoms with E-state index in [1.165, 1.54) is 24.7 Å². The van der Waals surface area contributed by atoms with E-state index in [1.807, 2.05) is 12.1 Å². The summed E-state index contributed by atoms with van der Waals surface area (Å²) < 4.78 is 30.7. The van der Waals surface area contributed by atoms with Crippen LogP contribution in [0.15, 0.2) is 80.0 Å². The summed E-state index contributed by atoms with van der Waals surface area (Å²) in [6.45, 7) is 4.33. The standard InChI is InChI=1S/C21H22N2O4S2/c1-14(2)15-4-8-17(9-5-15)28-18-10-6-16(7-11-18)23-21(24)19-12-13-20(27-19)29(25,26)22-3/h4-14,22H,1-3H3,(H,23,24). The molecule has 152 valence electrons. The smallest absolute Gasteiger partial charge is 0.291 e. The summed E-state index contributed by atoms with van der Waals surface area (Å²) in [7, 11) is -2.45. The minimum absolute atomic E-state index is 0.0810. The third kappa shape index (κ3) is 5.29. The quantitative estimate of drug-likeness (QED) is 0.566. The maximum atomic E-state index is 12.3. The van der Waals surface area contributed by atoms with Crippen LogP contribution in [0.1, 0.15) is 35.9 Å². The minimum Gasteiger partial charge on any atom is -0.438 e. The lowest BCUT2D eigenvalue weighted by atomic mass is 10.0. The van der Waals surface area contributed by atoms with Crippen molar-refractivity contribution in [3.63, 3.8) is 0 Å². The lowest BCUT2D eigenvalue weighted by Gasteiger charge is -2.08. The van der Waals surface area contributed by atoms with Crippen LogP contribution in [0.5, 0.6) is 0 Å². The summed E-state index contributed by atoms with van der Waals surface area (Å²) >= 11 is 1.64. The van der Waals surface area contributed by atoms with Crippen molar-refractivity contribution in [2.45, 2.75) is 34.6 Å². The maximum Gasteiger partial charge on any atom is 0.291 e. The van der Waals surface area contributed by atoms with Gasteiger partial charge in [-0.25, -0.2) is 13.1 Å². The fourth-order valence-corrected chi connectivity index (χ4v) is 4.01. The van der Waals surface area contributed by atoms with E-state index in [0.29, 0.717) is 11.6 Å². The molecule has 6 nitrogen and oxygen atoms in total. The van der Waals surface area contributed by atoms with Gasteiger partial charge in [-0.15, -0.1) is 0 Å². The lowest BCUT2D eigenvalue weighted by molar-refractivity contribution is 0.0991. The molecular formula is C21H22N2O4S2. The highest BCUT2D eigenvalue weighted by Crippen LogP contribution is 2.29. The topological polar surface area (TPSA) is 88.4 Å². The zero-order chi connectivity index (χ0) is 21.0. The van der Waals surface area contributed by atoms with Crippen LogP contribution in [0.3, 0.4) is 0 Å². The predicted octanol–water partition coefficient (Wildman–Crippen LogP) is 4.71. The third-order valence-corrected chi connectivity index (χ3v) is 6.54. The van der Waals surface area contributed by atoms with Crippen LogP contribution in [0.25, 0.3) is 0 Å². The summed E-state index contributed by atoms with van der Waals surface area (Å²) in [5, 5.41) is 2.39. The number of furan rings is 1. The van der Waals surface area contributed by atoms with Crippen molar-refractivity contribution in [2.75, 3.05) is 12.4 Å². The van der Waals surface area contributed by atoms with E-state index in [1.54, 1.807) is 23.9 Å². The molecule has 0 aliphatic carbocycles. The summed E-state index contributed by atoms with van der Waals surface area (Å²) in [5.41, 5.74) is 1.89. The Hall–Kier alpha value is -2.55. The first-order chi connectivity index (χ1) is 13.8. The van der Waals surface area contributed by atoms with Gasteiger partial charge in [-0.05, 0) is 67.1 Å². The molecule has 1 amide bonds. The number of rotatable bonds is 7.